The number of aromatic nitrogens is 18. The van der Waals surface area contributed by atoms with Crippen molar-refractivity contribution < 1.29 is 0 Å². The number of rotatable bonds is 12. The van der Waals surface area contributed by atoms with Gasteiger partial charge in [-0.05, 0) is 140 Å². The van der Waals surface area contributed by atoms with Gasteiger partial charge >= 0.3 is 0 Å². The zero-order valence-electron chi connectivity index (χ0n) is 42.7. The molecule has 2 aliphatic carbocycles. The molecular weight excluding hydrogens is 949 g/mol. The Kier molecular flexibility index (Phi) is 11.9. The Bertz CT molecular complexity index is 3760. The van der Waals surface area contributed by atoms with Gasteiger partial charge in [-0.2, -0.15) is 10.2 Å². The van der Waals surface area contributed by atoms with Gasteiger partial charge in [-0.25, -0.2) is 30.1 Å². The SMILES string of the molecule is CCc1nc2c(C)cc(Cn3cccn3)nc2n1[C@H]1CCc2cc(-c3ccccc3-c3nnn[nH]3)ccc21.CCc1nc2c(C)cc(Cn3cccn3)nc2n1[C@H]1CCc2cc(-c3ccccc3-c3nnn[nH]3)ccc21. The van der Waals surface area contributed by atoms with Crippen molar-refractivity contribution in [1.82, 2.24) is 89.9 Å². The highest BCUT2D eigenvalue weighted by Gasteiger charge is 2.31. The first-order chi connectivity index (χ1) is 37.4. The van der Waals surface area contributed by atoms with Gasteiger partial charge in [-0.1, -0.05) is 98.8 Å². The predicted octanol–water partition coefficient (Wildman–Crippen LogP) is 9.86. The molecule has 4 aromatic carbocycles. The molecule has 2 atom stereocenters. The van der Waals surface area contributed by atoms with Crippen LogP contribution in [0.1, 0.15) is 95.2 Å². The van der Waals surface area contributed by atoms with Gasteiger partial charge in [0.05, 0.1) is 36.6 Å². The van der Waals surface area contributed by atoms with Crippen LogP contribution in [0.4, 0.5) is 0 Å². The van der Waals surface area contributed by atoms with Gasteiger partial charge in [0, 0.05) is 48.8 Å². The maximum Gasteiger partial charge on any atom is 0.180 e. The summed E-state index contributed by atoms with van der Waals surface area (Å²) in [6, 6.07) is 38.7. The Morgan fingerprint density at radius 3 is 1.36 bits per heavy atom. The van der Waals surface area contributed by atoms with E-state index in [-0.39, 0.29) is 12.1 Å². The summed E-state index contributed by atoms with van der Waals surface area (Å²) in [5.74, 6) is 3.50. The normalized spacial score (nSPS) is 14.8. The van der Waals surface area contributed by atoms with Crippen LogP contribution in [-0.2, 0) is 38.8 Å². The second kappa shape index (κ2) is 19.5. The van der Waals surface area contributed by atoms with Gasteiger partial charge in [0.25, 0.3) is 0 Å². The molecule has 376 valence electrons. The van der Waals surface area contributed by atoms with E-state index >= 15 is 0 Å². The minimum atomic E-state index is 0.208. The Hall–Kier alpha value is -9.32. The Morgan fingerprint density at radius 1 is 0.513 bits per heavy atom. The Balaban J connectivity index is 0.000000146. The van der Waals surface area contributed by atoms with Crippen molar-refractivity contribution in [2.24, 2.45) is 0 Å². The molecule has 0 spiro atoms. The number of nitrogens with zero attached hydrogens (tertiary/aromatic N) is 16. The van der Waals surface area contributed by atoms with E-state index in [9.17, 15) is 0 Å². The molecule has 8 aromatic heterocycles. The number of aryl methyl sites for hydroxylation is 6. The smallest absolute Gasteiger partial charge is 0.180 e. The van der Waals surface area contributed by atoms with Crippen LogP contribution in [0.15, 0.2) is 134 Å². The molecule has 18 heteroatoms. The molecule has 0 saturated heterocycles. The van der Waals surface area contributed by atoms with Crippen molar-refractivity contribution >= 4 is 22.3 Å². The molecule has 0 radical (unpaired) electrons. The fourth-order valence-corrected chi connectivity index (χ4v) is 11.6. The summed E-state index contributed by atoms with van der Waals surface area (Å²) in [6.07, 6.45) is 13.3. The number of hydrogen-bond donors (Lipinski definition) is 2. The van der Waals surface area contributed by atoms with E-state index in [4.69, 9.17) is 19.9 Å². The second-order valence-corrected chi connectivity index (χ2v) is 19.6. The van der Waals surface area contributed by atoms with E-state index < -0.39 is 0 Å². The van der Waals surface area contributed by atoms with Crippen LogP contribution in [0.3, 0.4) is 0 Å². The van der Waals surface area contributed by atoms with Crippen LogP contribution in [-0.4, -0.2) is 89.9 Å². The highest BCUT2D eigenvalue weighted by molar-refractivity contribution is 5.83. The number of aromatic amines is 2. The highest BCUT2D eigenvalue weighted by Crippen LogP contribution is 2.43. The molecule has 0 aliphatic heterocycles. The molecule has 76 heavy (non-hydrogen) atoms. The molecule has 0 unspecified atom stereocenters. The van der Waals surface area contributed by atoms with Crippen LogP contribution in [0.5, 0.6) is 0 Å². The zero-order valence-corrected chi connectivity index (χ0v) is 42.7. The fourth-order valence-electron chi connectivity index (χ4n) is 11.6. The lowest BCUT2D eigenvalue weighted by molar-refractivity contribution is 0.565. The topological polar surface area (TPSA) is 206 Å². The van der Waals surface area contributed by atoms with E-state index in [0.29, 0.717) is 24.7 Å². The first-order valence-electron chi connectivity index (χ1n) is 26.0. The standard InChI is InChI=1S/2C29H27N9/c2*1-3-26-32-27-18(2)15-21(17-37-14-6-13-30-37)31-29(27)38(26)25-12-10-20-16-19(9-11-23(20)25)22-7-4-5-8-24(22)28-33-35-36-34-28/h2*4-9,11,13-16,25H,3,10,12,17H2,1-2H3,(H,33,34,35,36)/t2*25-/m00/s1. The molecule has 0 fully saturated rings. The van der Waals surface area contributed by atoms with Gasteiger partial charge in [0.2, 0.25) is 0 Å². The molecule has 0 bridgehead atoms. The molecule has 14 rings (SSSR count). The quantitative estimate of drug-likeness (QED) is 0.117. The van der Waals surface area contributed by atoms with Crippen LogP contribution in [0.2, 0.25) is 0 Å². The van der Waals surface area contributed by atoms with Gasteiger partial charge < -0.3 is 9.13 Å². The molecule has 12 aromatic rings. The number of tetrazole rings is 2. The molecular formula is C58H54N18. The third-order valence-corrected chi connectivity index (χ3v) is 15.0. The van der Waals surface area contributed by atoms with E-state index in [1.807, 2.05) is 58.2 Å². The summed E-state index contributed by atoms with van der Waals surface area (Å²) < 4.78 is 8.59. The number of H-pyrrole nitrogens is 2. The monoisotopic (exact) mass is 1000 g/mol. The molecule has 8 heterocycles. The fraction of sp³-hybridized carbons (Fsp3) is 0.241. The first-order valence-corrected chi connectivity index (χ1v) is 26.0. The van der Waals surface area contributed by atoms with Crippen LogP contribution in [0.25, 0.3) is 67.4 Å². The largest absolute Gasteiger partial charge is 0.305 e. The molecule has 18 nitrogen and oxygen atoms in total. The van der Waals surface area contributed by atoms with Crippen LogP contribution in [0, 0.1) is 13.8 Å². The van der Waals surface area contributed by atoms with Crippen molar-refractivity contribution in [1.29, 1.82) is 0 Å². The third kappa shape index (κ3) is 8.40. The average Bonchev–Trinajstić information content (AvgIpc) is 4.33. The number of benzene rings is 4. The summed E-state index contributed by atoms with van der Waals surface area (Å²) in [6.45, 7) is 9.88. The minimum absolute atomic E-state index is 0.208. The summed E-state index contributed by atoms with van der Waals surface area (Å²) in [5.41, 5.74) is 20.2. The molecule has 2 N–H and O–H groups in total. The summed E-state index contributed by atoms with van der Waals surface area (Å²) in [4.78, 5) is 20.3. The number of hydrogen-bond acceptors (Lipinski definition) is 12. The van der Waals surface area contributed by atoms with E-state index in [2.05, 4.69) is 161 Å². The van der Waals surface area contributed by atoms with Crippen molar-refractivity contribution in [3.05, 3.63) is 190 Å². The van der Waals surface area contributed by atoms with Crippen molar-refractivity contribution in [3.8, 4) is 45.0 Å². The maximum atomic E-state index is 5.12. The molecule has 2 aliphatic rings. The van der Waals surface area contributed by atoms with Gasteiger partial charge in [-0.15, -0.1) is 10.2 Å². The number of fused-ring (bicyclic) bond motifs is 4. The van der Waals surface area contributed by atoms with Crippen molar-refractivity contribution in [2.75, 3.05) is 0 Å². The van der Waals surface area contributed by atoms with Gasteiger partial charge in [0.15, 0.2) is 22.9 Å². The van der Waals surface area contributed by atoms with Gasteiger partial charge in [-0.3, -0.25) is 9.36 Å². The van der Waals surface area contributed by atoms with Crippen molar-refractivity contribution in [3.63, 3.8) is 0 Å². The first kappa shape index (κ1) is 46.5. The summed E-state index contributed by atoms with van der Waals surface area (Å²) >= 11 is 0. The maximum absolute atomic E-state index is 5.12. The number of imidazole rings is 2. The van der Waals surface area contributed by atoms with Gasteiger partial charge in [0.1, 0.15) is 22.7 Å². The molecule has 0 amide bonds. The number of nitrogens with one attached hydrogen (secondary N) is 2. The lowest BCUT2D eigenvalue weighted by atomic mass is 9.96. The lowest BCUT2D eigenvalue weighted by Gasteiger charge is -2.18. The van der Waals surface area contributed by atoms with Crippen molar-refractivity contribution in [2.45, 2.75) is 91.4 Å². The summed E-state index contributed by atoms with van der Waals surface area (Å²) in [7, 11) is 0. The highest BCUT2D eigenvalue weighted by atomic mass is 15.5. The predicted molar refractivity (Wildman–Crippen MR) is 289 cm³/mol. The second-order valence-electron chi connectivity index (χ2n) is 19.6. The lowest BCUT2D eigenvalue weighted by Crippen LogP contribution is -2.12. The Morgan fingerprint density at radius 2 is 0.961 bits per heavy atom. The summed E-state index contributed by atoms with van der Waals surface area (Å²) in [5, 5.41) is 37.9. The van der Waals surface area contributed by atoms with Crippen LogP contribution < -0.4 is 0 Å². The van der Waals surface area contributed by atoms with E-state index in [1.165, 1.54) is 22.3 Å². The third-order valence-electron chi connectivity index (χ3n) is 15.0. The number of pyridine rings is 2. The average molecular weight is 1000 g/mol. The Labute approximate surface area is 437 Å². The van der Waals surface area contributed by atoms with E-state index in [1.54, 1.807) is 12.4 Å². The molecule has 0 saturated carbocycles. The van der Waals surface area contributed by atoms with Crippen LogP contribution >= 0.6 is 0 Å². The van der Waals surface area contributed by atoms with E-state index in [0.717, 1.165) is 128 Å². The zero-order chi connectivity index (χ0) is 51.3. The minimum Gasteiger partial charge on any atom is -0.305 e.